The molecule has 3 rings (SSSR count). The summed E-state index contributed by atoms with van der Waals surface area (Å²) < 4.78 is 19.9. The van der Waals surface area contributed by atoms with E-state index < -0.39 is 40.4 Å². The molecule has 0 amide bonds. The third-order valence-electron chi connectivity index (χ3n) is 5.88. The highest BCUT2D eigenvalue weighted by atomic mass is 19.1. The summed E-state index contributed by atoms with van der Waals surface area (Å²) in [6.45, 7) is 3.35. The minimum atomic E-state index is -1.56. The number of para-hydroxylation sites is 1. The Morgan fingerprint density at radius 3 is 2.43 bits per heavy atom. The van der Waals surface area contributed by atoms with Gasteiger partial charge >= 0.3 is 11.9 Å². The van der Waals surface area contributed by atoms with Crippen molar-refractivity contribution in [1.29, 1.82) is 5.26 Å². The number of rotatable bonds is 7. The molecule has 2 aromatic carbocycles. The first-order chi connectivity index (χ1) is 14.2. The van der Waals surface area contributed by atoms with E-state index in [2.05, 4.69) is 0 Å². The van der Waals surface area contributed by atoms with E-state index in [1.165, 1.54) is 18.2 Å². The van der Waals surface area contributed by atoms with Crippen molar-refractivity contribution in [3.05, 3.63) is 72.1 Å². The molecule has 0 bridgehead atoms. The van der Waals surface area contributed by atoms with Crippen LogP contribution < -0.4 is 4.74 Å². The second-order valence-corrected chi connectivity index (χ2v) is 7.74. The van der Waals surface area contributed by atoms with Crippen molar-refractivity contribution in [2.24, 2.45) is 16.7 Å². The van der Waals surface area contributed by atoms with Crippen LogP contribution in [-0.4, -0.2) is 22.2 Å². The number of hydrogen-bond acceptors (Lipinski definition) is 4. The Balaban J connectivity index is 2.04. The van der Waals surface area contributed by atoms with Crippen molar-refractivity contribution in [2.75, 3.05) is 0 Å². The molecule has 7 heteroatoms. The van der Waals surface area contributed by atoms with Gasteiger partial charge in [0.2, 0.25) is 0 Å². The molecule has 6 nitrogen and oxygen atoms in total. The molecule has 0 aromatic heterocycles. The van der Waals surface area contributed by atoms with Gasteiger partial charge in [-0.05, 0) is 35.2 Å². The first kappa shape index (κ1) is 21.1. The van der Waals surface area contributed by atoms with Gasteiger partial charge in [-0.25, -0.2) is 9.18 Å². The Kier molecular flexibility index (Phi) is 5.36. The summed E-state index contributed by atoms with van der Waals surface area (Å²) in [4.78, 5) is 23.3. The molecular weight excluding hydrogens is 389 g/mol. The molecule has 1 aliphatic carbocycles. The molecule has 0 spiro atoms. The number of nitriles is 1. The van der Waals surface area contributed by atoms with Gasteiger partial charge in [-0.15, -0.1) is 0 Å². The molecule has 1 aliphatic rings. The molecule has 1 unspecified atom stereocenters. The largest absolute Gasteiger partial charge is 0.481 e. The van der Waals surface area contributed by atoms with Crippen LogP contribution in [0.4, 0.5) is 4.39 Å². The summed E-state index contributed by atoms with van der Waals surface area (Å²) in [5, 5.41) is 28.9. The second kappa shape index (κ2) is 7.64. The van der Waals surface area contributed by atoms with Crippen molar-refractivity contribution in [2.45, 2.75) is 19.8 Å². The Hall–Kier alpha value is -3.66. The zero-order valence-electron chi connectivity index (χ0n) is 16.4. The van der Waals surface area contributed by atoms with E-state index in [0.717, 1.165) is 12.1 Å². The first-order valence-corrected chi connectivity index (χ1v) is 9.22. The van der Waals surface area contributed by atoms with Gasteiger partial charge in [0.1, 0.15) is 11.2 Å². The van der Waals surface area contributed by atoms with E-state index in [1.807, 2.05) is 6.07 Å². The van der Waals surface area contributed by atoms with Crippen LogP contribution in [-0.2, 0) is 9.59 Å². The van der Waals surface area contributed by atoms with Crippen LogP contribution in [0, 0.1) is 33.9 Å². The van der Waals surface area contributed by atoms with Crippen molar-refractivity contribution < 1.29 is 28.9 Å². The highest BCUT2D eigenvalue weighted by Crippen LogP contribution is 2.75. The summed E-state index contributed by atoms with van der Waals surface area (Å²) in [5.74, 6) is -4.64. The molecule has 154 valence electrons. The Bertz CT molecular complexity index is 1060. The number of nitrogens with zero attached hydrogens (tertiary/aromatic N) is 1. The zero-order chi connectivity index (χ0) is 22.1. The fourth-order valence-corrected chi connectivity index (χ4v) is 4.32. The van der Waals surface area contributed by atoms with Gasteiger partial charge in [-0.1, -0.05) is 44.2 Å². The van der Waals surface area contributed by atoms with Crippen molar-refractivity contribution >= 4 is 11.9 Å². The number of benzene rings is 2. The van der Waals surface area contributed by atoms with Gasteiger partial charge in [-0.3, -0.25) is 4.79 Å². The van der Waals surface area contributed by atoms with Crippen LogP contribution in [0.5, 0.6) is 11.5 Å². The highest BCUT2D eigenvalue weighted by molar-refractivity contribution is 5.85. The number of carboxylic acid groups (broad SMARTS) is 2. The van der Waals surface area contributed by atoms with Gasteiger partial charge in [0, 0.05) is 12.0 Å². The van der Waals surface area contributed by atoms with Crippen LogP contribution in [0.2, 0.25) is 0 Å². The topological polar surface area (TPSA) is 108 Å². The standard InChI is InChI=1S/C23H20FNO5/c1-22(2)19(10-11-20(26)27)23(22,21(28)29)16(13-25)14-8-9-17(24)18(12-14)30-15-6-4-3-5-7-15/h3-12,16,19H,1-2H3,(H,26,27)(H,28,29)/t16?,19-,23+/m0/s1. The lowest BCUT2D eigenvalue weighted by Gasteiger charge is -2.22. The summed E-state index contributed by atoms with van der Waals surface area (Å²) in [6.07, 6.45) is 2.20. The summed E-state index contributed by atoms with van der Waals surface area (Å²) >= 11 is 0. The lowest BCUT2D eigenvalue weighted by molar-refractivity contribution is -0.145. The molecular formula is C23H20FNO5. The number of aliphatic carboxylic acids is 2. The van der Waals surface area contributed by atoms with Crippen molar-refractivity contribution in [1.82, 2.24) is 0 Å². The third kappa shape index (κ3) is 3.30. The van der Waals surface area contributed by atoms with E-state index in [9.17, 15) is 24.3 Å². The number of carbonyl (C=O) groups is 2. The summed E-state index contributed by atoms with van der Waals surface area (Å²) in [5.41, 5.74) is -2.17. The van der Waals surface area contributed by atoms with Gasteiger partial charge in [0.15, 0.2) is 11.6 Å². The maximum Gasteiger partial charge on any atom is 0.327 e. The Morgan fingerprint density at radius 1 is 1.20 bits per heavy atom. The minimum Gasteiger partial charge on any atom is -0.481 e. The second-order valence-electron chi connectivity index (χ2n) is 7.74. The van der Waals surface area contributed by atoms with Gasteiger partial charge < -0.3 is 14.9 Å². The van der Waals surface area contributed by atoms with Gasteiger partial charge in [0.25, 0.3) is 0 Å². The molecule has 0 heterocycles. The SMILES string of the molecule is CC1(C)[C@H](C=CC(=O)O)[C@@]1(C(=O)O)C(C#N)c1ccc(F)c(Oc2ccccc2)c1. The van der Waals surface area contributed by atoms with Crippen molar-refractivity contribution in [3.8, 4) is 17.6 Å². The predicted octanol–water partition coefficient (Wildman–Crippen LogP) is 4.59. The highest BCUT2D eigenvalue weighted by Gasteiger charge is 2.78. The monoisotopic (exact) mass is 409 g/mol. The van der Waals surface area contributed by atoms with Crippen molar-refractivity contribution in [3.63, 3.8) is 0 Å². The molecule has 0 aliphatic heterocycles. The fraction of sp³-hybridized carbons (Fsp3) is 0.261. The number of ether oxygens (including phenoxy) is 1. The van der Waals surface area contributed by atoms with Gasteiger partial charge in [0.05, 0.1) is 12.0 Å². The Morgan fingerprint density at radius 2 is 1.87 bits per heavy atom. The third-order valence-corrected chi connectivity index (χ3v) is 5.88. The van der Waals surface area contributed by atoms with E-state index in [0.29, 0.717) is 5.75 Å². The first-order valence-electron chi connectivity index (χ1n) is 9.22. The maximum absolute atomic E-state index is 14.3. The van der Waals surface area contributed by atoms with Crippen LogP contribution in [0.3, 0.4) is 0 Å². The summed E-state index contributed by atoms with van der Waals surface area (Å²) in [7, 11) is 0. The lowest BCUT2D eigenvalue weighted by Crippen LogP contribution is -2.28. The molecule has 30 heavy (non-hydrogen) atoms. The summed E-state index contributed by atoms with van der Waals surface area (Å²) in [6, 6.07) is 14.4. The Labute approximate surface area is 172 Å². The molecule has 2 N–H and O–H groups in total. The number of hydrogen-bond donors (Lipinski definition) is 2. The van der Waals surface area contributed by atoms with E-state index in [1.54, 1.807) is 44.2 Å². The molecule has 1 saturated carbocycles. The fourth-order valence-electron chi connectivity index (χ4n) is 4.32. The van der Waals surface area contributed by atoms with Crippen LogP contribution in [0.1, 0.15) is 25.3 Å². The smallest absolute Gasteiger partial charge is 0.327 e. The minimum absolute atomic E-state index is 0.129. The van der Waals surface area contributed by atoms with E-state index >= 15 is 0 Å². The quantitative estimate of drug-likeness (QED) is 0.648. The normalized spacial score (nSPS) is 22.8. The molecule has 1 fully saturated rings. The number of carboxylic acids is 2. The maximum atomic E-state index is 14.3. The molecule has 0 saturated heterocycles. The zero-order valence-corrected chi connectivity index (χ0v) is 16.4. The van der Waals surface area contributed by atoms with Crippen LogP contribution in [0.15, 0.2) is 60.7 Å². The van der Waals surface area contributed by atoms with E-state index in [-0.39, 0.29) is 11.3 Å². The number of allylic oxidation sites excluding steroid dienone is 1. The van der Waals surface area contributed by atoms with Crippen LogP contribution >= 0.6 is 0 Å². The van der Waals surface area contributed by atoms with Crippen LogP contribution in [0.25, 0.3) is 0 Å². The molecule has 0 radical (unpaired) electrons. The molecule has 3 atom stereocenters. The average molecular weight is 409 g/mol. The molecule has 2 aromatic rings. The number of halogens is 1. The predicted molar refractivity (Wildman–Crippen MR) is 105 cm³/mol. The van der Waals surface area contributed by atoms with E-state index in [4.69, 9.17) is 9.84 Å². The lowest BCUT2D eigenvalue weighted by atomic mass is 9.78. The average Bonchev–Trinajstić information content (AvgIpc) is 3.19. The van der Waals surface area contributed by atoms with Gasteiger partial charge in [-0.2, -0.15) is 5.26 Å².